The first-order valence-electron chi connectivity index (χ1n) is 8.40. The van der Waals surface area contributed by atoms with Crippen LogP contribution in [0.3, 0.4) is 0 Å². The summed E-state index contributed by atoms with van der Waals surface area (Å²) in [7, 11) is 0. The molecule has 1 saturated heterocycles. The molecule has 3 aromatic rings. The number of hydrogen-bond donors (Lipinski definition) is 3. The van der Waals surface area contributed by atoms with Crippen molar-refractivity contribution in [3.05, 3.63) is 36.5 Å². The Morgan fingerprint density at radius 3 is 3.04 bits per heavy atom. The first kappa shape index (κ1) is 15.9. The second kappa shape index (κ2) is 6.70. The Bertz CT molecular complexity index is 865. The Balaban J connectivity index is 1.69. The molecule has 1 aliphatic rings. The highest BCUT2D eigenvalue weighted by atomic mass is 16.5. The van der Waals surface area contributed by atoms with Gasteiger partial charge in [-0.05, 0) is 19.1 Å². The largest absolute Gasteiger partial charge is 0.384 e. The van der Waals surface area contributed by atoms with E-state index >= 15 is 0 Å². The van der Waals surface area contributed by atoms with Crippen LogP contribution < -0.4 is 11.1 Å². The summed E-state index contributed by atoms with van der Waals surface area (Å²) in [4.78, 5) is 4.48. The Morgan fingerprint density at radius 2 is 2.24 bits per heavy atom. The number of aromatic nitrogens is 3. The van der Waals surface area contributed by atoms with Gasteiger partial charge in [0.25, 0.3) is 0 Å². The molecule has 0 amide bonds. The smallest absolute Gasteiger partial charge is 0.126 e. The van der Waals surface area contributed by atoms with Crippen LogP contribution in [0.2, 0.25) is 0 Å². The summed E-state index contributed by atoms with van der Waals surface area (Å²) < 4.78 is 11.3. The molecule has 0 radical (unpaired) electrons. The van der Waals surface area contributed by atoms with Gasteiger partial charge in [0.2, 0.25) is 0 Å². The van der Waals surface area contributed by atoms with Crippen LogP contribution in [0.1, 0.15) is 6.92 Å². The predicted octanol–water partition coefficient (Wildman–Crippen LogP) is 2.42. The highest BCUT2D eigenvalue weighted by molar-refractivity contribution is 5.95. The fourth-order valence-electron chi connectivity index (χ4n) is 3.20. The third kappa shape index (κ3) is 3.16. The molecule has 1 aromatic carbocycles. The maximum absolute atomic E-state index is 6.03. The molecule has 1 fully saturated rings. The average molecular weight is 339 g/mol. The van der Waals surface area contributed by atoms with E-state index in [0.29, 0.717) is 25.6 Å². The molecule has 7 nitrogen and oxygen atoms in total. The number of pyridine rings is 1. The summed E-state index contributed by atoms with van der Waals surface area (Å²) in [6.45, 7) is 3.87. The minimum absolute atomic E-state index is 0.0405. The van der Waals surface area contributed by atoms with Gasteiger partial charge in [0.05, 0.1) is 30.5 Å². The van der Waals surface area contributed by atoms with Crippen molar-refractivity contribution in [2.75, 3.05) is 30.9 Å². The van der Waals surface area contributed by atoms with Crippen LogP contribution in [-0.4, -0.2) is 47.1 Å². The van der Waals surface area contributed by atoms with Crippen molar-refractivity contribution in [1.29, 1.82) is 0 Å². The zero-order valence-electron chi connectivity index (χ0n) is 14.0. The second-order valence-electron chi connectivity index (χ2n) is 6.08. The molecule has 0 spiro atoms. The number of nitrogens with one attached hydrogen (secondary N) is 2. The van der Waals surface area contributed by atoms with E-state index in [1.165, 1.54) is 0 Å². The Labute approximate surface area is 145 Å². The lowest BCUT2D eigenvalue weighted by molar-refractivity contribution is 0.0478. The lowest BCUT2D eigenvalue weighted by Gasteiger charge is -2.21. The summed E-state index contributed by atoms with van der Waals surface area (Å²) >= 11 is 0. The molecule has 25 heavy (non-hydrogen) atoms. The first-order chi connectivity index (χ1) is 12.2. The molecule has 1 aliphatic heterocycles. The summed E-state index contributed by atoms with van der Waals surface area (Å²) in [6.07, 6.45) is 1.77. The molecule has 130 valence electrons. The summed E-state index contributed by atoms with van der Waals surface area (Å²) in [6, 6.07) is 9.98. The molecular weight excluding hydrogens is 318 g/mol. The third-order valence-corrected chi connectivity index (χ3v) is 4.39. The molecular formula is C18H21N5O2. The van der Waals surface area contributed by atoms with Gasteiger partial charge in [-0.2, -0.15) is 5.10 Å². The van der Waals surface area contributed by atoms with Crippen molar-refractivity contribution < 1.29 is 9.47 Å². The lowest BCUT2D eigenvalue weighted by Crippen LogP contribution is -2.34. The van der Waals surface area contributed by atoms with Crippen LogP contribution in [0.25, 0.3) is 22.2 Å². The van der Waals surface area contributed by atoms with Crippen LogP contribution in [0, 0.1) is 0 Å². The molecule has 0 unspecified atom stereocenters. The number of hydrogen-bond acceptors (Lipinski definition) is 6. The molecule has 2 atom stereocenters. The van der Waals surface area contributed by atoms with Gasteiger partial charge in [-0.3, -0.25) is 5.10 Å². The Morgan fingerprint density at radius 1 is 1.32 bits per heavy atom. The number of nitrogen functional groups attached to an aromatic ring is 1. The summed E-state index contributed by atoms with van der Waals surface area (Å²) in [5.41, 5.74) is 9.77. The minimum atomic E-state index is 0.0405. The average Bonchev–Trinajstić information content (AvgIpc) is 3.27. The van der Waals surface area contributed by atoms with Gasteiger partial charge >= 0.3 is 0 Å². The number of nitrogens with two attached hydrogens (primary N) is 1. The molecule has 4 rings (SSSR count). The van der Waals surface area contributed by atoms with E-state index in [1.807, 2.05) is 37.3 Å². The van der Waals surface area contributed by atoms with Crippen molar-refractivity contribution in [2.45, 2.75) is 19.1 Å². The minimum Gasteiger partial charge on any atom is -0.384 e. The highest BCUT2D eigenvalue weighted by Gasteiger charge is 2.29. The number of fused-ring (bicyclic) bond motifs is 1. The molecule has 7 heteroatoms. The fraction of sp³-hybridized carbons (Fsp3) is 0.333. The lowest BCUT2D eigenvalue weighted by atomic mass is 10.1. The van der Waals surface area contributed by atoms with Crippen LogP contribution in [-0.2, 0) is 9.47 Å². The van der Waals surface area contributed by atoms with Crippen LogP contribution >= 0.6 is 0 Å². The zero-order chi connectivity index (χ0) is 17.2. The van der Waals surface area contributed by atoms with Crippen molar-refractivity contribution >= 4 is 22.4 Å². The van der Waals surface area contributed by atoms with Crippen molar-refractivity contribution in [2.24, 2.45) is 0 Å². The standard InChI is InChI=1S/C18H21N5O2/c1-2-25-17-10-24-9-16(17)21-15-8-18(19)22-14-7-11(3-4-12(14)15)13-5-6-20-23-13/h3-8,16-17H,2,9-10H2,1H3,(H,20,23)(H3,19,21,22)/t16-,17-/m0/s1. The van der Waals surface area contributed by atoms with Crippen LogP contribution in [0.4, 0.5) is 11.5 Å². The Kier molecular flexibility index (Phi) is 4.25. The van der Waals surface area contributed by atoms with E-state index in [2.05, 4.69) is 20.5 Å². The maximum Gasteiger partial charge on any atom is 0.126 e. The SMILES string of the molecule is CCO[C@H]1COC[C@@H]1Nc1cc(N)nc2cc(-c3ccn[nH]3)ccc12. The fourth-order valence-corrected chi connectivity index (χ4v) is 3.20. The quantitative estimate of drug-likeness (QED) is 0.660. The van der Waals surface area contributed by atoms with Gasteiger partial charge in [-0.25, -0.2) is 4.98 Å². The summed E-state index contributed by atoms with van der Waals surface area (Å²) in [5, 5.41) is 11.5. The summed E-state index contributed by atoms with van der Waals surface area (Å²) in [5.74, 6) is 0.476. The van der Waals surface area contributed by atoms with Gasteiger partial charge in [-0.1, -0.05) is 12.1 Å². The van der Waals surface area contributed by atoms with Gasteiger partial charge < -0.3 is 20.5 Å². The monoisotopic (exact) mass is 339 g/mol. The predicted molar refractivity (Wildman–Crippen MR) is 97.4 cm³/mol. The second-order valence-corrected chi connectivity index (χ2v) is 6.08. The molecule has 4 N–H and O–H groups in total. The highest BCUT2D eigenvalue weighted by Crippen LogP contribution is 2.29. The molecule has 0 aliphatic carbocycles. The van der Waals surface area contributed by atoms with Crippen LogP contribution in [0.5, 0.6) is 0 Å². The number of nitrogens with zero attached hydrogens (tertiary/aromatic N) is 2. The molecule has 2 aromatic heterocycles. The van der Waals surface area contributed by atoms with E-state index in [9.17, 15) is 0 Å². The third-order valence-electron chi connectivity index (χ3n) is 4.39. The topological polar surface area (TPSA) is 98.1 Å². The van der Waals surface area contributed by atoms with E-state index in [0.717, 1.165) is 27.8 Å². The van der Waals surface area contributed by atoms with Crippen molar-refractivity contribution in [3.8, 4) is 11.3 Å². The number of rotatable bonds is 5. The normalized spacial score (nSPS) is 20.2. The number of H-pyrrole nitrogens is 1. The van der Waals surface area contributed by atoms with Gasteiger partial charge in [-0.15, -0.1) is 0 Å². The van der Waals surface area contributed by atoms with Gasteiger partial charge in [0.1, 0.15) is 11.9 Å². The number of anilines is 2. The van der Waals surface area contributed by atoms with Gasteiger partial charge in [0.15, 0.2) is 0 Å². The van der Waals surface area contributed by atoms with Crippen LogP contribution in [0.15, 0.2) is 36.5 Å². The van der Waals surface area contributed by atoms with Crippen molar-refractivity contribution in [3.63, 3.8) is 0 Å². The maximum atomic E-state index is 6.03. The van der Waals surface area contributed by atoms with E-state index < -0.39 is 0 Å². The van der Waals surface area contributed by atoms with Crippen molar-refractivity contribution in [1.82, 2.24) is 15.2 Å². The zero-order valence-corrected chi connectivity index (χ0v) is 14.0. The van der Waals surface area contributed by atoms with Gasteiger partial charge in [0, 0.05) is 35.5 Å². The van der Waals surface area contributed by atoms with E-state index in [4.69, 9.17) is 15.2 Å². The number of benzene rings is 1. The number of aromatic amines is 1. The molecule has 3 heterocycles. The first-order valence-corrected chi connectivity index (χ1v) is 8.40. The van der Waals surface area contributed by atoms with E-state index in [-0.39, 0.29) is 12.1 Å². The Hall–Kier alpha value is -2.64. The molecule has 0 bridgehead atoms. The van der Waals surface area contributed by atoms with E-state index in [1.54, 1.807) is 6.20 Å². The number of ether oxygens (including phenoxy) is 2. The molecule has 0 saturated carbocycles.